The van der Waals surface area contributed by atoms with Crippen LogP contribution in [-0.2, 0) is 11.2 Å². The minimum absolute atomic E-state index is 0.0315. The molecule has 2 rings (SSSR count). The maximum absolute atomic E-state index is 10.6. The summed E-state index contributed by atoms with van der Waals surface area (Å²) in [4.78, 5) is 20.7. The Kier molecular flexibility index (Phi) is 2.95. The molecule has 1 N–H and O–H groups in total. The topological polar surface area (TPSA) is 89.7 Å². The molecule has 0 radical (unpaired) electrons. The summed E-state index contributed by atoms with van der Waals surface area (Å²) in [6, 6.07) is 4.37. The van der Waals surface area contributed by atoms with Crippen molar-refractivity contribution < 1.29 is 19.6 Å². The summed E-state index contributed by atoms with van der Waals surface area (Å²) in [7, 11) is 0. The van der Waals surface area contributed by atoms with Crippen molar-refractivity contribution in [3.63, 3.8) is 0 Å². The van der Waals surface area contributed by atoms with Crippen molar-refractivity contribution in [3.8, 4) is 5.75 Å². The third-order valence-corrected chi connectivity index (χ3v) is 2.69. The number of nitrogens with zero attached hydrogens (tertiary/aromatic N) is 1. The van der Waals surface area contributed by atoms with Crippen LogP contribution in [0.5, 0.6) is 5.75 Å². The number of hydrogen-bond acceptors (Lipinski definition) is 4. The number of rotatable bonds is 3. The highest BCUT2D eigenvalue weighted by Crippen LogP contribution is 2.31. The van der Waals surface area contributed by atoms with E-state index < -0.39 is 10.9 Å². The molecule has 0 bridgehead atoms. The number of non-ortho nitro benzene ring substituents is 1. The molecule has 90 valence electrons. The van der Waals surface area contributed by atoms with Gasteiger partial charge < -0.3 is 9.84 Å². The van der Waals surface area contributed by atoms with Gasteiger partial charge in [0.25, 0.3) is 5.69 Å². The van der Waals surface area contributed by atoms with Crippen molar-refractivity contribution >= 4 is 11.7 Å². The monoisotopic (exact) mass is 237 g/mol. The van der Waals surface area contributed by atoms with Crippen molar-refractivity contribution in [1.29, 1.82) is 0 Å². The average Bonchev–Trinajstić information content (AvgIpc) is 2.27. The maximum Gasteiger partial charge on any atom is 0.307 e. The van der Waals surface area contributed by atoms with E-state index in [0.717, 1.165) is 5.56 Å². The number of carboxylic acid groups (broad SMARTS) is 1. The third-order valence-electron chi connectivity index (χ3n) is 2.69. The second-order valence-corrected chi connectivity index (χ2v) is 3.93. The molecule has 1 aromatic rings. The molecular formula is C11H11NO5. The SMILES string of the molecule is O=C(O)CC1CCc2cc([N+](=O)[O-])ccc2O1. The number of aliphatic carboxylic acids is 1. The lowest BCUT2D eigenvalue weighted by molar-refractivity contribution is -0.385. The minimum Gasteiger partial charge on any atom is -0.490 e. The van der Waals surface area contributed by atoms with E-state index in [1.165, 1.54) is 18.2 Å². The number of hydrogen-bond donors (Lipinski definition) is 1. The number of benzene rings is 1. The molecule has 0 aromatic heterocycles. The molecule has 0 amide bonds. The third kappa shape index (κ3) is 2.52. The van der Waals surface area contributed by atoms with E-state index in [9.17, 15) is 14.9 Å². The van der Waals surface area contributed by atoms with E-state index in [0.29, 0.717) is 18.6 Å². The molecule has 0 saturated carbocycles. The van der Waals surface area contributed by atoms with E-state index in [2.05, 4.69) is 0 Å². The molecule has 1 aliphatic heterocycles. The van der Waals surface area contributed by atoms with Crippen LogP contribution in [0.15, 0.2) is 18.2 Å². The van der Waals surface area contributed by atoms with E-state index in [-0.39, 0.29) is 18.2 Å². The molecule has 0 saturated heterocycles. The molecule has 6 heteroatoms. The first-order chi connectivity index (χ1) is 8.06. The van der Waals surface area contributed by atoms with E-state index >= 15 is 0 Å². The predicted molar refractivity (Wildman–Crippen MR) is 58.1 cm³/mol. The van der Waals surface area contributed by atoms with Crippen LogP contribution in [0.4, 0.5) is 5.69 Å². The first-order valence-electron chi connectivity index (χ1n) is 5.22. The lowest BCUT2D eigenvalue weighted by Gasteiger charge is -2.24. The highest BCUT2D eigenvalue weighted by atomic mass is 16.6. The van der Waals surface area contributed by atoms with Crippen LogP contribution in [0.25, 0.3) is 0 Å². The Labute approximate surface area is 97.0 Å². The van der Waals surface area contributed by atoms with Gasteiger partial charge in [0.1, 0.15) is 11.9 Å². The summed E-state index contributed by atoms with van der Waals surface area (Å²) in [5.74, 6) is -0.353. The predicted octanol–water partition coefficient (Wildman–Crippen LogP) is 1.76. The lowest BCUT2D eigenvalue weighted by Crippen LogP contribution is -2.25. The Bertz CT molecular complexity index is 471. The fourth-order valence-electron chi connectivity index (χ4n) is 1.88. The van der Waals surface area contributed by atoms with Crippen LogP contribution in [0.2, 0.25) is 0 Å². The van der Waals surface area contributed by atoms with Gasteiger partial charge in [-0.15, -0.1) is 0 Å². The number of ether oxygens (including phenoxy) is 1. The zero-order chi connectivity index (χ0) is 12.4. The summed E-state index contributed by atoms with van der Waals surface area (Å²) in [6.07, 6.45) is 0.785. The molecule has 0 spiro atoms. The van der Waals surface area contributed by atoms with Crippen LogP contribution < -0.4 is 4.74 Å². The number of carbonyl (C=O) groups is 1. The molecule has 17 heavy (non-hydrogen) atoms. The largest absolute Gasteiger partial charge is 0.490 e. The van der Waals surface area contributed by atoms with Crippen LogP contribution in [0, 0.1) is 10.1 Å². The van der Waals surface area contributed by atoms with Crippen LogP contribution in [0.1, 0.15) is 18.4 Å². The Morgan fingerprint density at radius 1 is 1.59 bits per heavy atom. The minimum atomic E-state index is -0.902. The van der Waals surface area contributed by atoms with Crippen molar-refractivity contribution in [2.45, 2.75) is 25.4 Å². The highest BCUT2D eigenvalue weighted by molar-refractivity contribution is 5.67. The Balaban J connectivity index is 2.17. The van der Waals surface area contributed by atoms with Gasteiger partial charge in [-0.25, -0.2) is 0 Å². The molecule has 1 aliphatic rings. The summed E-state index contributed by atoms with van der Waals surface area (Å²) < 4.78 is 5.47. The average molecular weight is 237 g/mol. The van der Waals surface area contributed by atoms with Crippen molar-refractivity contribution in [3.05, 3.63) is 33.9 Å². The zero-order valence-electron chi connectivity index (χ0n) is 8.96. The van der Waals surface area contributed by atoms with Crippen LogP contribution >= 0.6 is 0 Å². The first kappa shape index (κ1) is 11.4. The summed E-state index contributed by atoms with van der Waals surface area (Å²) >= 11 is 0. The quantitative estimate of drug-likeness (QED) is 0.639. The van der Waals surface area contributed by atoms with Gasteiger partial charge in [-0.1, -0.05) is 0 Å². The summed E-state index contributed by atoms with van der Waals surface area (Å²) in [5, 5.41) is 19.2. The van der Waals surface area contributed by atoms with Crippen molar-refractivity contribution in [2.24, 2.45) is 0 Å². The number of nitro benzene ring substituents is 1. The standard InChI is InChI=1S/C11H11NO5/c13-11(14)6-9-3-1-7-5-8(12(15)16)2-4-10(7)17-9/h2,4-5,9H,1,3,6H2,(H,13,14). The molecule has 0 aliphatic carbocycles. The van der Waals surface area contributed by atoms with Crippen LogP contribution in [0.3, 0.4) is 0 Å². The van der Waals surface area contributed by atoms with Gasteiger partial charge >= 0.3 is 5.97 Å². The van der Waals surface area contributed by atoms with Gasteiger partial charge in [0.05, 0.1) is 11.3 Å². The van der Waals surface area contributed by atoms with Gasteiger partial charge in [-0.3, -0.25) is 14.9 Å². The molecular weight excluding hydrogens is 226 g/mol. The molecule has 0 fully saturated rings. The van der Waals surface area contributed by atoms with Crippen molar-refractivity contribution in [1.82, 2.24) is 0 Å². The van der Waals surface area contributed by atoms with Gasteiger partial charge in [-0.2, -0.15) is 0 Å². The second kappa shape index (κ2) is 4.40. The summed E-state index contributed by atoms with van der Waals surface area (Å²) in [5.41, 5.74) is 0.796. The fraction of sp³-hybridized carbons (Fsp3) is 0.364. The Morgan fingerprint density at radius 3 is 3.00 bits per heavy atom. The van der Waals surface area contributed by atoms with Gasteiger partial charge in [-0.05, 0) is 18.9 Å². The smallest absolute Gasteiger partial charge is 0.307 e. The normalized spacial score (nSPS) is 18.0. The number of nitro groups is 1. The van der Waals surface area contributed by atoms with Gasteiger partial charge in [0.2, 0.25) is 0 Å². The van der Waals surface area contributed by atoms with Gasteiger partial charge in [0, 0.05) is 17.7 Å². The number of aryl methyl sites for hydroxylation is 1. The maximum atomic E-state index is 10.6. The van der Waals surface area contributed by atoms with Gasteiger partial charge in [0.15, 0.2) is 0 Å². The molecule has 1 atom stereocenters. The summed E-state index contributed by atoms with van der Waals surface area (Å²) in [6.45, 7) is 0. The van der Waals surface area contributed by atoms with Crippen molar-refractivity contribution in [2.75, 3.05) is 0 Å². The Morgan fingerprint density at radius 2 is 2.35 bits per heavy atom. The fourth-order valence-corrected chi connectivity index (χ4v) is 1.88. The number of carboxylic acids is 1. The highest BCUT2D eigenvalue weighted by Gasteiger charge is 2.23. The number of fused-ring (bicyclic) bond motifs is 1. The molecule has 1 aromatic carbocycles. The van der Waals surface area contributed by atoms with Crippen LogP contribution in [-0.4, -0.2) is 22.1 Å². The van der Waals surface area contributed by atoms with E-state index in [1.54, 1.807) is 0 Å². The van der Waals surface area contributed by atoms with E-state index in [1.807, 2.05) is 0 Å². The molecule has 1 heterocycles. The molecule has 6 nitrogen and oxygen atoms in total. The first-order valence-corrected chi connectivity index (χ1v) is 5.22. The molecule has 1 unspecified atom stereocenters. The lowest BCUT2D eigenvalue weighted by atomic mass is 10.00. The van der Waals surface area contributed by atoms with E-state index in [4.69, 9.17) is 9.84 Å². The zero-order valence-corrected chi connectivity index (χ0v) is 8.96. The second-order valence-electron chi connectivity index (χ2n) is 3.93. The Hall–Kier alpha value is -2.11.